The fourth-order valence-corrected chi connectivity index (χ4v) is 4.50. The zero-order chi connectivity index (χ0) is 21.7. The zero-order valence-electron chi connectivity index (χ0n) is 18.9. The second kappa shape index (κ2) is 9.82. The summed E-state index contributed by atoms with van der Waals surface area (Å²) >= 11 is 0. The minimum Gasteiger partial charge on any atom is -0.497 e. The Labute approximate surface area is 180 Å². The Balaban J connectivity index is 1.56. The van der Waals surface area contributed by atoms with Crippen molar-refractivity contribution in [2.75, 3.05) is 39.8 Å². The number of hydrogen-bond acceptors (Lipinski definition) is 4. The van der Waals surface area contributed by atoms with Gasteiger partial charge in [0.25, 0.3) is 0 Å². The molecule has 1 unspecified atom stereocenters. The van der Waals surface area contributed by atoms with Gasteiger partial charge in [-0.05, 0) is 56.5 Å². The van der Waals surface area contributed by atoms with E-state index in [9.17, 15) is 9.59 Å². The predicted octanol–water partition coefficient (Wildman–Crippen LogP) is 3.23. The number of nitrogens with one attached hydrogen (secondary N) is 1. The maximum Gasteiger partial charge on any atom is 0.227 e. The van der Waals surface area contributed by atoms with Gasteiger partial charge in [0.15, 0.2) is 0 Å². The first-order chi connectivity index (χ1) is 14.3. The lowest BCUT2D eigenvalue weighted by Crippen LogP contribution is -2.47. The SMILES string of the molecule is COc1ccc(C(CNC(=O)C2CCN(C(=O)C(C)(C)C)CC2)N2CCCC2)cc1. The van der Waals surface area contributed by atoms with E-state index in [4.69, 9.17) is 4.74 Å². The van der Waals surface area contributed by atoms with Crippen LogP contribution in [0.4, 0.5) is 0 Å². The molecule has 2 aliphatic heterocycles. The highest BCUT2D eigenvalue weighted by atomic mass is 16.5. The van der Waals surface area contributed by atoms with Crippen molar-refractivity contribution in [1.82, 2.24) is 15.1 Å². The van der Waals surface area contributed by atoms with Crippen LogP contribution in [0.1, 0.15) is 58.1 Å². The molecule has 2 heterocycles. The number of piperidine rings is 1. The van der Waals surface area contributed by atoms with E-state index in [0.717, 1.165) is 31.7 Å². The van der Waals surface area contributed by atoms with Crippen molar-refractivity contribution in [3.63, 3.8) is 0 Å². The van der Waals surface area contributed by atoms with E-state index in [-0.39, 0.29) is 29.2 Å². The number of ether oxygens (including phenoxy) is 1. The first-order valence-electron chi connectivity index (χ1n) is 11.2. The van der Waals surface area contributed by atoms with Crippen molar-refractivity contribution in [2.24, 2.45) is 11.3 Å². The van der Waals surface area contributed by atoms with Crippen molar-refractivity contribution in [1.29, 1.82) is 0 Å². The lowest BCUT2D eigenvalue weighted by molar-refractivity contribution is -0.142. The van der Waals surface area contributed by atoms with Crippen molar-refractivity contribution in [3.05, 3.63) is 29.8 Å². The van der Waals surface area contributed by atoms with Crippen molar-refractivity contribution in [2.45, 2.75) is 52.5 Å². The predicted molar refractivity (Wildman–Crippen MR) is 118 cm³/mol. The van der Waals surface area contributed by atoms with E-state index in [1.54, 1.807) is 7.11 Å². The minimum atomic E-state index is -0.365. The number of methoxy groups -OCH3 is 1. The van der Waals surface area contributed by atoms with Crippen LogP contribution in [0, 0.1) is 11.3 Å². The van der Waals surface area contributed by atoms with E-state index in [2.05, 4.69) is 22.3 Å². The molecule has 30 heavy (non-hydrogen) atoms. The van der Waals surface area contributed by atoms with Gasteiger partial charge in [0, 0.05) is 31.0 Å². The maximum absolute atomic E-state index is 12.9. The third-order valence-corrected chi connectivity index (χ3v) is 6.35. The highest BCUT2D eigenvalue weighted by Gasteiger charge is 2.33. The van der Waals surface area contributed by atoms with Crippen LogP contribution in [0.15, 0.2) is 24.3 Å². The van der Waals surface area contributed by atoms with E-state index < -0.39 is 0 Å². The van der Waals surface area contributed by atoms with Gasteiger partial charge in [-0.1, -0.05) is 32.9 Å². The molecule has 0 aliphatic carbocycles. The molecule has 2 fully saturated rings. The molecule has 1 aromatic rings. The van der Waals surface area contributed by atoms with Gasteiger partial charge >= 0.3 is 0 Å². The maximum atomic E-state index is 12.9. The third-order valence-electron chi connectivity index (χ3n) is 6.35. The molecule has 6 nitrogen and oxygen atoms in total. The van der Waals surface area contributed by atoms with Crippen LogP contribution in [0.2, 0.25) is 0 Å². The molecular formula is C24H37N3O3. The van der Waals surface area contributed by atoms with Crippen LogP contribution in [0.5, 0.6) is 5.75 Å². The largest absolute Gasteiger partial charge is 0.497 e. The average molecular weight is 416 g/mol. The molecule has 2 amide bonds. The first-order valence-corrected chi connectivity index (χ1v) is 11.2. The monoisotopic (exact) mass is 415 g/mol. The molecule has 1 N–H and O–H groups in total. The second-order valence-corrected chi connectivity index (χ2v) is 9.59. The Morgan fingerprint density at radius 1 is 1.07 bits per heavy atom. The average Bonchev–Trinajstić information content (AvgIpc) is 3.27. The Bertz CT molecular complexity index is 712. The van der Waals surface area contributed by atoms with Gasteiger partial charge in [0.2, 0.25) is 11.8 Å². The molecule has 2 saturated heterocycles. The molecule has 166 valence electrons. The normalized spacial score (nSPS) is 19.5. The van der Waals surface area contributed by atoms with E-state index >= 15 is 0 Å². The van der Waals surface area contributed by atoms with E-state index in [1.807, 2.05) is 37.8 Å². The summed E-state index contributed by atoms with van der Waals surface area (Å²) in [6, 6.07) is 8.37. The van der Waals surface area contributed by atoms with Gasteiger partial charge in [-0.3, -0.25) is 14.5 Å². The summed E-state index contributed by atoms with van der Waals surface area (Å²) in [6.07, 6.45) is 3.90. The Morgan fingerprint density at radius 3 is 2.20 bits per heavy atom. The quantitative estimate of drug-likeness (QED) is 0.775. The van der Waals surface area contributed by atoms with Crippen LogP contribution < -0.4 is 10.1 Å². The second-order valence-electron chi connectivity index (χ2n) is 9.59. The number of amides is 2. The first kappa shape index (κ1) is 22.6. The van der Waals surface area contributed by atoms with E-state index in [1.165, 1.54) is 18.4 Å². The summed E-state index contributed by atoms with van der Waals surface area (Å²) < 4.78 is 5.29. The van der Waals surface area contributed by atoms with Crippen LogP contribution in [0.3, 0.4) is 0 Å². The number of nitrogens with zero attached hydrogens (tertiary/aromatic N) is 2. The summed E-state index contributed by atoms with van der Waals surface area (Å²) in [7, 11) is 1.67. The molecule has 3 rings (SSSR count). The standard InChI is InChI=1S/C24H37N3O3/c1-24(2,3)23(29)27-15-11-19(12-16-27)22(28)25-17-21(26-13-5-6-14-26)18-7-9-20(30-4)10-8-18/h7-10,19,21H,5-6,11-17H2,1-4H3,(H,25,28). The molecule has 0 bridgehead atoms. The summed E-state index contributed by atoms with van der Waals surface area (Å²) in [6.45, 7) is 9.94. The smallest absolute Gasteiger partial charge is 0.227 e. The van der Waals surface area contributed by atoms with Gasteiger partial charge in [0.05, 0.1) is 13.2 Å². The highest BCUT2D eigenvalue weighted by molar-refractivity contribution is 5.82. The van der Waals surface area contributed by atoms with Crippen LogP contribution in [-0.2, 0) is 9.59 Å². The van der Waals surface area contributed by atoms with Gasteiger partial charge in [0.1, 0.15) is 5.75 Å². The van der Waals surface area contributed by atoms with Crippen LogP contribution >= 0.6 is 0 Å². The van der Waals surface area contributed by atoms with Gasteiger partial charge in [-0.25, -0.2) is 0 Å². The summed E-state index contributed by atoms with van der Waals surface area (Å²) in [5, 5.41) is 3.22. The zero-order valence-corrected chi connectivity index (χ0v) is 18.9. The third kappa shape index (κ3) is 5.54. The molecule has 1 aromatic carbocycles. The fourth-order valence-electron chi connectivity index (χ4n) is 4.50. The molecule has 0 aromatic heterocycles. The van der Waals surface area contributed by atoms with Gasteiger partial charge < -0.3 is 15.0 Å². The number of rotatable bonds is 6. The summed E-state index contributed by atoms with van der Waals surface area (Å²) in [5.41, 5.74) is 0.847. The Morgan fingerprint density at radius 2 is 1.67 bits per heavy atom. The van der Waals surface area contributed by atoms with E-state index in [0.29, 0.717) is 19.6 Å². The Hall–Kier alpha value is -2.08. The number of carbonyl (C=O) groups is 2. The highest BCUT2D eigenvalue weighted by Crippen LogP contribution is 2.27. The number of benzene rings is 1. The van der Waals surface area contributed by atoms with Crippen molar-refractivity contribution < 1.29 is 14.3 Å². The van der Waals surface area contributed by atoms with Crippen LogP contribution in [0.25, 0.3) is 0 Å². The molecular weight excluding hydrogens is 378 g/mol. The molecule has 1 atom stereocenters. The molecule has 6 heteroatoms. The lowest BCUT2D eigenvalue weighted by Gasteiger charge is -2.35. The molecule has 0 saturated carbocycles. The van der Waals surface area contributed by atoms with Gasteiger partial charge in [-0.2, -0.15) is 0 Å². The summed E-state index contributed by atoms with van der Waals surface area (Å²) in [4.78, 5) is 29.7. The molecule has 0 spiro atoms. The topological polar surface area (TPSA) is 61.9 Å². The number of carbonyl (C=O) groups excluding carboxylic acids is 2. The van der Waals surface area contributed by atoms with Crippen molar-refractivity contribution >= 4 is 11.8 Å². The van der Waals surface area contributed by atoms with Crippen LogP contribution in [-0.4, -0.2) is 61.4 Å². The fraction of sp³-hybridized carbons (Fsp3) is 0.667. The summed E-state index contributed by atoms with van der Waals surface area (Å²) in [5.74, 6) is 1.13. The molecule has 0 radical (unpaired) electrons. The van der Waals surface area contributed by atoms with Gasteiger partial charge in [-0.15, -0.1) is 0 Å². The Kier molecular flexibility index (Phi) is 7.40. The van der Waals surface area contributed by atoms with Crippen molar-refractivity contribution in [3.8, 4) is 5.75 Å². The molecule has 2 aliphatic rings. The lowest BCUT2D eigenvalue weighted by atomic mass is 9.90. The number of hydrogen-bond donors (Lipinski definition) is 1. The minimum absolute atomic E-state index is 0.0101. The number of likely N-dealkylation sites (tertiary alicyclic amines) is 2.